The normalized spacial score (nSPS) is 22.1. The summed E-state index contributed by atoms with van der Waals surface area (Å²) in [5.74, 6) is -2.36. The number of piperidine rings is 1. The molecule has 21 heavy (non-hydrogen) atoms. The molecule has 0 spiro atoms. The van der Waals surface area contributed by atoms with Crippen LogP contribution in [0.5, 0.6) is 0 Å². The number of benzene rings is 1. The molecule has 1 aliphatic rings. The number of likely N-dealkylation sites (tertiary alicyclic amines) is 1. The van der Waals surface area contributed by atoms with Crippen molar-refractivity contribution in [1.82, 2.24) is 4.90 Å². The quantitative estimate of drug-likeness (QED) is 0.843. The molecule has 1 heterocycles. The topological polar surface area (TPSA) is 29.3 Å². The molecule has 2 rings (SSSR count). The molecule has 1 unspecified atom stereocenters. The minimum atomic E-state index is -2.36. The van der Waals surface area contributed by atoms with Crippen LogP contribution in [-0.2, 0) is 6.54 Å². The number of nitrogens with zero attached hydrogens (tertiary/aromatic N) is 1. The Hall–Kier alpha value is -0.360. The van der Waals surface area contributed by atoms with Crippen molar-refractivity contribution >= 4 is 24.2 Å². The lowest BCUT2D eigenvalue weighted by Gasteiger charge is -2.42. The van der Waals surface area contributed by atoms with Gasteiger partial charge in [-0.3, -0.25) is 4.90 Å². The van der Waals surface area contributed by atoms with Gasteiger partial charge >= 0.3 is 0 Å². The molecule has 2 N–H and O–H groups in total. The lowest BCUT2D eigenvalue weighted by Crippen LogP contribution is -2.52. The van der Waals surface area contributed by atoms with E-state index in [1.165, 1.54) is 0 Å². The first kappa shape index (κ1) is 18.7. The second-order valence-corrected chi connectivity index (χ2v) is 7.18. The van der Waals surface area contributed by atoms with Gasteiger partial charge in [0.25, 0.3) is 5.76 Å². The zero-order chi connectivity index (χ0) is 14.8. The van der Waals surface area contributed by atoms with Crippen LogP contribution in [0.4, 0.5) is 8.78 Å². The van der Waals surface area contributed by atoms with Gasteiger partial charge in [-0.15, -0.1) is 12.4 Å². The molecule has 1 saturated heterocycles. The van der Waals surface area contributed by atoms with Crippen LogP contribution >= 0.6 is 24.2 Å². The number of thioether (sulfide) groups is 1. The van der Waals surface area contributed by atoms with Crippen molar-refractivity contribution in [2.75, 3.05) is 13.1 Å². The molecule has 2 nitrogen and oxygen atoms in total. The van der Waals surface area contributed by atoms with E-state index in [1.54, 1.807) is 12.1 Å². The Bertz CT molecular complexity index is 440. The molecule has 0 radical (unpaired) electrons. The third kappa shape index (κ3) is 5.40. The van der Waals surface area contributed by atoms with Crippen molar-refractivity contribution in [2.24, 2.45) is 11.1 Å². The molecule has 120 valence electrons. The molecular weight excluding hydrogens is 314 g/mol. The molecule has 0 bridgehead atoms. The van der Waals surface area contributed by atoms with E-state index >= 15 is 0 Å². The first-order valence-electron chi connectivity index (χ1n) is 6.88. The number of hydrogen-bond donors (Lipinski definition) is 1. The first-order valence-corrected chi connectivity index (χ1v) is 7.76. The summed E-state index contributed by atoms with van der Waals surface area (Å²) in [4.78, 5) is 3.00. The van der Waals surface area contributed by atoms with Crippen molar-refractivity contribution in [3.63, 3.8) is 0 Å². The molecule has 1 aliphatic heterocycles. The second kappa shape index (κ2) is 7.77. The van der Waals surface area contributed by atoms with E-state index in [2.05, 4.69) is 18.7 Å². The Morgan fingerprint density at radius 1 is 1.33 bits per heavy atom. The molecular formula is C15H23ClF2N2S. The molecule has 1 atom stereocenters. The van der Waals surface area contributed by atoms with Gasteiger partial charge < -0.3 is 5.73 Å². The van der Waals surface area contributed by atoms with Gasteiger partial charge in [0, 0.05) is 30.6 Å². The number of alkyl halides is 2. The second-order valence-electron chi connectivity index (χ2n) is 6.12. The van der Waals surface area contributed by atoms with Crippen LogP contribution in [0.2, 0.25) is 0 Å². The monoisotopic (exact) mass is 336 g/mol. The summed E-state index contributed by atoms with van der Waals surface area (Å²) in [6, 6.07) is 7.67. The van der Waals surface area contributed by atoms with E-state index in [4.69, 9.17) is 5.73 Å². The fraction of sp³-hybridized carbons (Fsp3) is 0.600. The molecule has 0 aliphatic carbocycles. The van der Waals surface area contributed by atoms with E-state index < -0.39 is 5.76 Å². The highest BCUT2D eigenvalue weighted by atomic mass is 35.5. The molecule has 1 fully saturated rings. The van der Waals surface area contributed by atoms with Crippen LogP contribution in [0.1, 0.15) is 25.8 Å². The summed E-state index contributed by atoms with van der Waals surface area (Å²) >= 11 is 0.590. The average molecular weight is 337 g/mol. The van der Waals surface area contributed by atoms with Crippen LogP contribution in [0.25, 0.3) is 0 Å². The molecule has 0 amide bonds. The molecule has 0 saturated carbocycles. The standard InChI is InChI=1S/C15H22F2N2S.ClH/c1-15(2)10-19(8-7-13(15)18)9-11-3-5-12(6-4-11)20-14(16)17;/h3-6,13-14H,7-10,18H2,1-2H3;1H. The van der Waals surface area contributed by atoms with Gasteiger partial charge in [-0.1, -0.05) is 37.7 Å². The summed E-state index contributed by atoms with van der Waals surface area (Å²) < 4.78 is 24.5. The van der Waals surface area contributed by atoms with Crippen molar-refractivity contribution in [1.29, 1.82) is 0 Å². The van der Waals surface area contributed by atoms with E-state index in [1.807, 2.05) is 12.1 Å². The van der Waals surface area contributed by atoms with Gasteiger partial charge in [-0.25, -0.2) is 0 Å². The van der Waals surface area contributed by atoms with Crippen molar-refractivity contribution < 1.29 is 8.78 Å². The smallest absolute Gasteiger partial charge is 0.288 e. The number of nitrogens with two attached hydrogens (primary N) is 1. The average Bonchev–Trinajstić information content (AvgIpc) is 2.35. The predicted octanol–water partition coefficient (Wildman–Crippen LogP) is 3.98. The molecule has 1 aromatic carbocycles. The molecule has 0 aromatic heterocycles. The maximum absolute atomic E-state index is 12.3. The van der Waals surface area contributed by atoms with E-state index in [9.17, 15) is 8.78 Å². The summed E-state index contributed by atoms with van der Waals surface area (Å²) in [5.41, 5.74) is 7.42. The number of hydrogen-bond acceptors (Lipinski definition) is 3. The fourth-order valence-corrected chi connectivity index (χ4v) is 3.15. The molecule has 1 aromatic rings. The SMILES string of the molecule is CC1(C)CN(Cc2ccc(SC(F)F)cc2)CCC1N.Cl. The largest absolute Gasteiger partial charge is 0.327 e. The minimum Gasteiger partial charge on any atom is -0.327 e. The van der Waals surface area contributed by atoms with Gasteiger partial charge in [0.2, 0.25) is 0 Å². The third-order valence-corrected chi connectivity index (χ3v) is 4.67. The van der Waals surface area contributed by atoms with Crippen LogP contribution in [0, 0.1) is 5.41 Å². The van der Waals surface area contributed by atoms with Crippen LogP contribution in [0.15, 0.2) is 29.2 Å². The highest BCUT2D eigenvalue weighted by Gasteiger charge is 2.33. The van der Waals surface area contributed by atoms with E-state index in [-0.39, 0.29) is 23.9 Å². The Morgan fingerprint density at radius 2 is 1.95 bits per heavy atom. The van der Waals surface area contributed by atoms with Crippen molar-refractivity contribution in [3.05, 3.63) is 29.8 Å². The summed E-state index contributed by atoms with van der Waals surface area (Å²) in [5, 5.41) is 0. The number of rotatable bonds is 4. The Balaban J connectivity index is 0.00000220. The van der Waals surface area contributed by atoms with Gasteiger partial charge in [-0.2, -0.15) is 8.78 Å². The van der Waals surface area contributed by atoms with Gasteiger partial charge in [0.05, 0.1) is 0 Å². The predicted molar refractivity (Wildman–Crippen MR) is 87.2 cm³/mol. The van der Waals surface area contributed by atoms with Crippen molar-refractivity contribution in [2.45, 2.75) is 43.5 Å². The lowest BCUT2D eigenvalue weighted by molar-refractivity contribution is 0.0899. The number of halogens is 3. The minimum absolute atomic E-state index is 0. The van der Waals surface area contributed by atoms with Crippen LogP contribution < -0.4 is 5.73 Å². The van der Waals surface area contributed by atoms with Crippen LogP contribution in [0.3, 0.4) is 0 Å². The summed E-state index contributed by atoms with van der Waals surface area (Å²) in [6.45, 7) is 7.23. The van der Waals surface area contributed by atoms with E-state index in [0.717, 1.165) is 31.6 Å². The highest BCUT2D eigenvalue weighted by Crippen LogP contribution is 2.29. The maximum Gasteiger partial charge on any atom is 0.288 e. The first-order chi connectivity index (χ1) is 9.37. The highest BCUT2D eigenvalue weighted by molar-refractivity contribution is 7.99. The van der Waals surface area contributed by atoms with Gasteiger partial charge in [0.15, 0.2) is 0 Å². The van der Waals surface area contributed by atoms with Gasteiger partial charge in [-0.05, 0) is 29.5 Å². The van der Waals surface area contributed by atoms with Crippen LogP contribution in [-0.4, -0.2) is 29.8 Å². The summed E-state index contributed by atoms with van der Waals surface area (Å²) in [7, 11) is 0. The maximum atomic E-state index is 12.3. The zero-order valence-electron chi connectivity index (χ0n) is 12.4. The zero-order valence-corrected chi connectivity index (χ0v) is 14.0. The summed E-state index contributed by atoms with van der Waals surface area (Å²) in [6.07, 6.45) is 1.01. The lowest BCUT2D eigenvalue weighted by atomic mass is 9.79. The fourth-order valence-electron chi connectivity index (χ4n) is 2.65. The molecule has 6 heteroatoms. The Labute approximate surface area is 135 Å². The van der Waals surface area contributed by atoms with E-state index in [0.29, 0.717) is 16.7 Å². The van der Waals surface area contributed by atoms with Gasteiger partial charge in [0.1, 0.15) is 0 Å². The van der Waals surface area contributed by atoms with Crippen molar-refractivity contribution in [3.8, 4) is 0 Å². The third-order valence-electron chi connectivity index (χ3n) is 3.95. The Morgan fingerprint density at radius 3 is 2.48 bits per heavy atom. The Kier molecular flexibility index (Phi) is 6.91.